The Morgan fingerprint density at radius 3 is 2.78 bits per heavy atom. The number of rotatable bonds is 4. The zero-order chi connectivity index (χ0) is 16.4. The van der Waals surface area contributed by atoms with Gasteiger partial charge in [-0.2, -0.15) is 0 Å². The average Bonchev–Trinajstić information content (AvgIpc) is 3.29. The van der Waals surface area contributed by atoms with Crippen molar-refractivity contribution in [2.75, 3.05) is 13.2 Å². The van der Waals surface area contributed by atoms with Crippen molar-refractivity contribution in [3.63, 3.8) is 0 Å². The van der Waals surface area contributed by atoms with Crippen LogP contribution in [0.2, 0.25) is 0 Å². The number of nitrogens with one attached hydrogen (secondary N) is 2. The van der Waals surface area contributed by atoms with Crippen molar-refractivity contribution in [3.8, 4) is 0 Å². The molecule has 1 saturated heterocycles. The smallest absolute Gasteiger partial charge is 0.315 e. The van der Waals surface area contributed by atoms with E-state index in [0.29, 0.717) is 17.9 Å². The number of hydrogen-bond acceptors (Lipinski definition) is 2. The summed E-state index contributed by atoms with van der Waals surface area (Å²) in [6.07, 6.45) is 2.53. The molecule has 126 valence electrons. The minimum atomic E-state index is -0.842. The Bertz CT molecular complexity index is 576. The molecule has 0 unspecified atom stereocenters. The molecule has 1 aromatic carbocycles. The number of halogens is 2. The van der Waals surface area contributed by atoms with Crippen LogP contribution in [0.15, 0.2) is 18.2 Å². The highest BCUT2D eigenvalue weighted by Crippen LogP contribution is 2.42. The van der Waals surface area contributed by atoms with Crippen molar-refractivity contribution < 1.29 is 18.3 Å². The van der Waals surface area contributed by atoms with Crippen LogP contribution in [0.4, 0.5) is 13.6 Å². The number of urea groups is 1. The van der Waals surface area contributed by atoms with Crippen LogP contribution in [-0.4, -0.2) is 31.3 Å². The zero-order valence-electron chi connectivity index (χ0n) is 13.1. The van der Waals surface area contributed by atoms with Gasteiger partial charge in [-0.05, 0) is 43.7 Å². The van der Waals surface area contributed by atoms with E-state index in [2.05, 4.69) is 10.6 Å². The molecule has 0 radical (unpaired) electrons. The Hall–Kier alpha value is -1.69. The van der Waals surface area contributed by atoms with Crippen molar-refractivity contribution in [2.24, 2.45) is 5.92 Å². The number of carbonyl (C=O) groups is 1. The lowest BCUT2D eigenvalue weighted by Crippen LogP contribution is -2.46. The summed E-state index contributed by atoms with van der Waals surface area (Å²) in [4.78, 5) is 12.1. The van der Waals surface area contributed by atoms with Gasteiger partial charge < -0.3 is 15.4 Å². The van der Waals surface area contributed by atoms with E-state index in [-0.39, 0.29) is 24.0 Å². The molecule has 3 rings (SSSR count). The van der Waals surface area contributed by atoms with Crippen molar-refractivity contribution in [3.05, 3.63) is 35.4 Å². The van der Waals surface area contributed by atoms with Gasteiger partial charge in [0.05, 0.1) is 0 Å². The first-order chi connectivity index (χ1) is 11.1. The minimum absolute atomic E-state index is 0.0713. The van der Waals surface area contributed by atoms with Crippen LogP contribution >= 0.6 is 0 Å². The van der Waals surface area contributed by atoms with Gasteiger partial charge in [-0.1, -0.05) is 12.1 Å². The molecule has 6 heteroatoms. The van der Waals surface area contributed by atoms with Gasteiger partial charge in [0.2, 0.25) is 0 Å². The number of benzene rings is 1. The highest BCUT2D eigenvalue weighted by atomic mass is 19.2. The van der Waals surface area contributed by atoms with Crippen LogP contribution in [0.1, 0.15) is 37.7 Å². The van der Waals surface area contributed by atoms with Gasteiger partial charge in [-0.15, -0.1) is 0 Å². The predicted octanol–water partition coefficient (Wildman–Crippen LogP) is 2.94. The molecule has 0 aromatic heterocycles. The molecule has 23 heavy (non-hydrogen) atoms. The van der Waals surface area contributed by atoms with Crippen LogP contribution in [-0.2, 0) is 4.74 Å². The van der Waals surface area contributed by atoms with Gasteiger partial charge >= 0.3 is 6.03 Å². The highest BCUT2D eigenvalue weighted by molar-refractivity contribution is 5.75. The number of amides is 2. The van der Waals surface area contributed by atoms with Crippen LogP contribution in [0.5, 0.6) is 0 Å². The first-order valence-electron chi connectivity index (χ1n) is 8.15. The van der Waals surface area contributed by atoms with E-state index < -0.39 is 11.6 Å². The second kappa shape index (κ2) is 6.83. The lowest BCUT2D eigenvalue weighted by molar-refractivity contribution is 0.0571. The number of hydrogen-bond donors (Lipinski definition) is 2. The summed E-state index contributed by atoms with van der Waals surface area (Å²) < 4.78 is 32.3. The summed E-state index contributed by atoms with van der Waals surface area (Å²) >= 11 is 0. The molecule has 1 saturated carbocycles. The molecule has 3 atom stereocenters. The Balaban J connectivity index is 1.49. The van der Waals surface area contributed by atoms with Gasteiger partial charge in [-0.25, -0.2) is 13.6 Å². The van der Waals surface area contributed by atoms with E-state index in [1.807, 2.05) is 6.92 Å². The summed E-state index contributed by atoms with van der Waals surface area (Å²) in [5.41, 5.74) is 0.341. The summed E-state index contributed by atoms with van der Waals surface area (Å²) in [5.74, 6) is -1.37. The second-order valence-corrected chi connectivity index (χ2v) is 6.45. The Morgan fingerprint density at radius 2 is 2.04 bits per heavy atom. The number of carbonyl (C=O) groups excluding carboxylic acids is 1. The topological polar surface area (TPSA) is 50.4 Å². The third-order valence-electron chi connectivity index (χ3n) is 4.82. The van der Waals surface area contributed by atoms with E-state index in [4.69, 9.17) is 4.74 Å². The van der Waals surface area contributed by atoms with Crippen molar-refractivity contribution in [1.82, 2.24) is 10.6 Å². The second-order valence-electron chi connectivity index (χ2n) is 6.45. The van der Waals surface area contributed by atoms with Gasteiger partial charge in [0, 0.05) is 31.2 Å². The molecule has 4 nitrogen and oxygen atoms in total. The van der Waals surface area contributed by atoms with Crippen molar-refractivity contribution in [1.29, 1.82) is 0 Å². The van der Waals surface area contributed by atoms with Crippen molar-refractivity contribution >= 4 is 6.03 Å². The first-order valence-corrected chi connectivity index (χ1v) is 8.15. The molecule has 2 fully saturated rings. The number of ether oxygens (including phenoxy) is 1. The van der Waals surface area contributed by atoms with Gasteiger partial charge in [0.15, 0.2) is 11.6 Å². The maximum Gasteiger partial charge on any atom is 0.315 e. The molecule has 1 aliphatic heterocycles. The molecule has 0 bridgehead atoms. The quantitative estimate of drug-likeness (QED) is 0.895. The standard InChI is InChI=1S/C17H22F2N2O2/c1-10(11-5-7-23-8-6-11)20-17(22)21-15-9-13(15)12-3-2-4-14(18)16(12)19/h2-4,10-11,13,15H,5-9H2,1H3,(H2,20,21,22)/t10-,13-,15-/m0/s1. The summed E-state index contributed by atoms with van der Waals surface area (Å²) in [6.45, 7) is 3.47. The molecule has 0 spiro atoms. The van der Waals surface area contributed by atoms with Crippen LogP contribution < -0.4 is 10.6 Å². The molecule has 1 aliphatic carbocycles. The fraction of sp³-hybridized carbons (Fsp3) is 0.588. The van der Waals surface area contributed by atoms with Crippen LogP contribution in [0, 0.1) is 17.6 Å². The summed E-state index contributed by atoms with van der Waals surface area (Å²) in [5, 5.41) is 5.79. The lowest BCUT2D eigenvalue weighted by Gasteiger charge is -2.28. The van der Waals surface area contributed by atoms with Crippen LogP contribution in [0.25, 0.3) is 0 Å². The fourth-order valence-electron chi connectivity index (χ4n) is 3.26. The maximum absolute atomic E-state index is 13.7. The Labute approximate surface area is 134 Å². The maximum atomic E-state index is 13.7. The Morgan fingerprint density at radius 1 is 1.30 bits per heavy atom. The summed E-state index contributed by atoms with van der Waals surface area (Å²) in [6, 6.07) is 3.87. The van der Waals surface area contributed by atoms with Gasteiger partial charge in [0.1, 0.15) is 0 Å². The monoisotopic (exact) mass is 324 g/mol. The summed E-state index contributed by atoms with van der Waals surface area (Å²) in [7, 11) is 0. The molecule has 1 aromatic rings. The van der Waals surface area contributed by atoms with Crippen molar-refractivity contribution in [2.45, 2.75) is 44.2 Å². The normalized spacial score (nSPS) is 25.7. The average molecular weight is 324 g/mol. The third kappa shape index (κ3) is 3.80. The fourth-order valence-corrected chi connectivity index (χ4v) is 3.26. The van der Waals surface area contributed by atoms with E-state index in [1.165, 1.54) is 6.07 Å². The van der Waals surface area contributed by atoms with Gasteiger partial charge in [-0.3, -0.25) is 0 Å². The van der Waals surface area contributed by atoms with Gasteiger partial charge in [0.25, 0.3) is 0 Å². The largest absolute Gasteiger partial charge is 0.381 e. The van der Waals surface area contributed by atoms with Crippen LogP contribution in [0.3, 0.4) is 0 Å². The molecule has 2 amide bonds. The molecular formula is C17H22F2N2O2. The molecular weight excluding hydrogens is 302 g/mol. The van der Waals surface area contributed by atoms with E-state index in [9.17, 15) is 13.6 Å². The zero-order valence-corrected chi connectivity index (χ0v) is 13.1. The van der Waals surface area contributed by atoms with E-state index >= 15 is 0 Å². The SMILES string of the molecule is C[C@H](NC(=O)N[C@H]1C[C@H]1c1cccc(F)c1F)C1CCOCC1. The predicted molar refractivity (Wildman–Crippen MR) is 82.2 cm³/mol. The van der Waals surface area contributed by atoms with E-state index in [0.717, 1.165) is 32.1 Å². The highest BCUT2D eigenvalue weighted by Gasteiger charge is 2.41. The lowest BCUT2D eigenvalue weighted by atomic mass is 9.93. The first kappa shape index (κ1) is 16.2. The third-order valence-corrected chi connectivity index (χ3v) is 4.82. The molecule has 1 heterocycles. The van der Waals surface area contributed by atoms with E-state index in [1.54, 1.807) is 6.07 Å². The molecule has 2 N–H and O–H groups in total. The Kier molecular flexibility index (Phi) is 4.80. The molecule has 2 aliphatic rings. The minimum Gasteiger partial charge on any atom is -0.381 e.